The molecular weight excluding hydrogens is 312 g/mol. The number of hydrogen-bond donors (Lipinski definition) is 2. The van der Waals surface area contributed by atoms with Crippen LogP contribution in [0.1, 0.15) is 59.5 Å². The largest absolute Gasteiger partial charge is 0.341 e. The average Bonchev–Trinajstić information content (AvgIpc) is 3.22. The summed E-state index contributed by atoms with van der Waals surface area (Å²) in [5, 5.41) is 17.4. The van der Waals surface area contributed by atoms with Gasteiger partial charge in [0.2, 0.25) is 0 Å². The molecule has 0 aromatic carbocycles. The van der Waals surface area contributed by atoms with E-state index in [2.05, 4.69) is 25.9 Å². The van der Waals surface area contributed by atoms with Crippen LogP contribution in [0.2, 0.25) is 0 Å². The number of aryl methyl sites for hydroxylation is 1. The lowest BCUT2D eigenvalue weighted by molar-refractivity contribution is 0.0930. The third kappa shape index (κ3) is 3.76. The fraction of sp³-hybridized carbons (Fsp3) is 0.600. The average molecular weight is 334 g/mol. The van der Waals surface area contributed by atoms with Gasteiger partial charge in [-0.15, -0.1) is 16.4 Å². The Balaban J connectivity index is 1.66. The van der Waals surface area contributed by atoms with Gasteiger partial charge in [-0.05, 0) is 39.3 Å². The van der Waals surface area contributed by atoms with E-state index in [1.165, 1.54) is 0 Å². The molecule has 124 valence electrons. The molecule has 3 rings (SSSR count). The molecule has 1 saturated heterocycles. The molecule has 0 aliphatic carbocycles. The van der Waals surface area contributed by atoms with E-state index in [0.717, 1.165) is 43.1 Å². The first-order chi connectivity index (χ1) is 11.2. The van der Waals surface area contributed by atoms with Gasteiger partial charge in [0.25, 0.3) is 5.91 Å². The maximum Gasteiger partial charge on any atom is 0.274 e. The predicted molar refractivity (Wildman–Crippen MR) is 88.5 cm³/mol. The third-order valence-electron chi connectivity index (χ3n) is 4.07. The molecule has 0 spiro atoms. The predicted octanol–water partition coefficient (Wildman–Crippen LogP) is 1.85. The smallest absolute Gasteiger partial charge is 0.274 e. The van der Waals surface area contributed by atoms with E-state index in [-0.39, 0.29) is 11.9 Å². The van der Waals surface area contributed by atoms with Crippen molar-refractivity contribution in [1.82, 2.24) is 30.6 Å². The molecular formula is C15H22N6OS. The number of carbonyl (C=O) groups is 1. The van der Waals surface area contributed by atoms with E-state index in [1.54, 1.807) is 17.5 Å². The minimum Gasteiger partial charge on any atom is -0.341 e. The summed E-state index contributed by atoms with van der Waals surface area (Å²) >= 11 is 1.57. The lowest BCUT2D eigenvalue weighted by atomic mass is 10.1. The van der Waals surface area contributed by atoms with Gasteiger partial charge >= 0.3 is 0 Å². The van der Waals surface area contributed by atoms with Crippen molar-refractivity contribution < 1.29 is 4.79 Å². The summed E-state index contributed by atoms with van der Waals surface area (Å²) in [6, 6.07) is 0.249. The highest BCUT2D eigenvalue weighted by molar-refractivity contribution is 7.09. The van der Waals surface area contributed by atoms with Crippen molar-refractivity contribution in [2.45, 2.75) is 45.2 Å². The molecule has 2 N–H and O–H groups in total. The van der Waals surface area contributed by atoms with Crippen LogP contribution in [0, 0.1) is 6.92 Å². The lowest BCUT2D eigenvalue weighted by Crippen LogP contribution is -2.30. The third-order valence-corrected chi connectivity index (χ3v) is 5.15. The van der Waals surface area contributed by atoms with Crippen LogP contribution < -0.4 is 10.6 Å². The highest BCUT2D eigenvalue weighted by Gasteiger charge is 2.21. The number of rotatable bonds is 5. The monoisotopic (exact) mass is 334 g/mol. The van der Waals surface area contributed by atoms with E-state index in [9.17, 15) is 4.79 Å². The van der Waals surface area contributed by atoms with Gasteiger partial charge in [-0.1, -0.05) is 12.1 Å². The Bertz CT molecular complexity index is 660. The van der Waals surface area contributed by atoms with Crippen LogP contribution >= 0.6 is 11.3 Å². The van der Waals surface area contributed by atoms with Crippen molar-refractivity contribution in [2.75, 3.05) is 13.1 Å². The minimum atomic E-state index is -0.190. The van der Waals surface area contributed by atoms with Gasteiger partial charge in [-0.25, -0.2) is 9.67 Å². The van der Waals surface area contributed by atoms with Gasteiger partial charge in [-0.2, -0.15) is 0 Å². The first-order valence-corrected chi connectivity index (χ1v) is 8.90. The van der Waals surface area contributed by atoms with Crippen LogP contribution in [0.3, 0.4) is 0 Å². The Hall–Kier alpha value is -1.80. The van der Waals surface area contributed by atoms with E-state index >= 15 is 0 Å². The van der Waals surface area contributed by atoms with Crippen molar-refractivity contribution in [2.24, 2.45) is 0 Å². The first kappa shape index (κ1) is 16.1. The molecule has 1 amide bonds. The van der Waals surface area contributed by atoms with E-state index in [1.807, 2.05) is 23.9 Å². The molecule has 7 nitrogen and oxygen atoms in total. The van der Waals surface area contributed by atoms with E-state index in [4.69, 9.17) is 0 Å². The normalized spacial score (nSPS) is 17.1. The molecule has 1 unspecified atom stereocenters. The second-order valence-electron chi connectivity index (χ2n) is 5.83. The van der Waals surface area contributed by atoms with Crippen LogP contribution in [-0.4, -0.2) is 39.0 Å². The highest BCUT2D eigenvalue weighted by atomic mass is 32.1. The zero-order chi connectivity index (χ0) is 16.2. The number of thiazole rings is 1. The van der Waals surface area contributed by atoms with Crippen LogP contribution in [0.5, 0.6) is 0 Å². The van der Waals surface area contributed by atoms with Gasteiger partial charge in [0.05, 0.1) is 18.3 Å². The van der Waals surface area contributed by atoms with Crippen molar-refractivity contribution in [1.29, 1.82) is 0 Å². The van der Waals surface area contributed by atoms with E-state index in [0.29, 0.717) is 11.7 Å². The SMILES string of the molecule is CCC(NC(=O)c1cn(C2CCNCC2)nn1)c1nc(C)cs1. The van der Waals surface area contributed by atoms with Gasteiger partial charge in [-0.3, -0.25) is 4.79 Å². The molecule has 1 aliphatic heterocycles. The maximum atomic E-state index is 12.4. The van der Waals surface area contributed by atoms with Crippen molar-refractivity contribution in [3.05, 3.63) is 28.0 Å². The molecule has 0 radical (unpaired) electrons. The topological polar surface area (TPSA) is 84.7 Å². The zero-order valence-electron chi connectivity index (χ0n) is 13.5. The van der Waals surface area contributed by atoms with Crippen LogP contribution in [0.15, 0.2) is 11.6 Å². The van der Waals surface area contributed by atoms with Gasteiger partial charge in [0.15, 0.2) is 5.69 Å². The van der Waals surface area contributed by atoms with Gasteiger partial charge in [0.1, 0.15) is 5.01 Å². The summed E-state index contributed by atoms with van der Waals surface area (Å²) in [6.07, 6.45) is 4.58. The molecule has 1 aliphatic rings. The number of nitrogens with zero attached hydrogens (tertiary/aromatic N) is 4. The Morgan fingerprint density at radius 2 is 2.30 bits per heavy atom. The van der Waals surface area contributed by atoms with Crippen LogP contribution in [0.25, 0.3) is 0 Å². The molecule has 1 atom stereocenters. The summed E-state index contributed by atoms with van der Waals surface area (Å²) in [7, 11) is 0. The molecule has 1 fully saturated rings. The molecule has 0 saturated carbocycles. The summed E-state index contributed by atoms with van der Waals surface area (Å²) in [5.41, 5.74) is 1.35. The second kappa shape index (κ2) is 7.18. The molecule has 3 heterocycles. The summed E-state index contributed by atoms with van der Waals surface area (Å²) in [5.74, 6) is -0.190. The zero-order valence-corrected chi connectivity index (χ0v) is 14.3. The summed E-state index contributed by atoms with van der Waals surface area (Å²) in [6.45, 7) is 5.95. The number of aromatic nitrogens is 4. The van der Waals surface area contributed by atoms with Gasteiger partial charge in [0, 0.05) is 11.1 Å². The number of carbonyl (C=O) groups excluding carboxylic acids is 1. The molecule has 2 aromatic heterocycles. The Labute approximate surface area is 139 Å². The number of piperidine rings is 1. The van der Waals surface area contributed by atoms with Crippen LogP contribution in [0.4, 0.5) is 0 Å². The summed E-state index contributed by atoms with van der Waals surface area (Å²) < 4.78 is 1.82. The highest BCUT2D eigenvalue weighted by Crippen LogP contribution is 2.21. The molecule has 0 bridgehead atoms. The Morgan fingerprint density at radius 3 is 2.96 bits per heavy atom. The molecule has 2 aromatic rings. The van der Waals surface area contributed by atoms with E-state index < -0.39 is 0 Å². The van der Waals surface area contributed by atoms with Gasteiger partial charge < -0.3 is 10.6 Å². The number of amides is 1. The fourth-order valence-electron chi connectivity index (χ4n) is 2.73. The number of hydrogen-bond acceptors (Lipinski definition) is 6. The quantitative estimate of drug-likeness (QED) is 0.872. The summed E-state index contributed by atoms with van der Waals surface area (Å²) in [4.78, 5) is 16.9. The lowest BCUT2D eigenvalue weighted by Gasteiger charge is -2.22. The van der Waals surface area contributed by atoms with Crippen molar-refractivity contribution in [3.63, 3.8) is 0 Å². The van der Waals surface area contributed by atoms with Crippen LogP contribution in [-0.2, 0) is 0 Å². The number of nitrogens with one attached hydrogen (secondary N) is 2. The fourth-order valence-corrected chi connectivity index (χ4v) is 3.66. The molecule has 23 heavy (non-hydrogen) atoms. The Morgan fingerprint density at radius 1 is 1.52 bits per heavy atom. The standard InChI is InChI=1S/C15H22N6OS/c1-3-12(15-17-10(2)9-23-15)18-14(22)13-8-21(20-19-13)11-4-6-16-7-5-11/h8-9,11-12,16H,3-7H2,1-2H3,(H,18,22). The van der Waals surface area contributed by atoms with Crippen molar-refractivity contribution in [3.8, 4) is 0 Å². The first-order valence-electron chi connectivity index (χ1n) is 8.02. The maximum absolute atomic E-state index is 12.4. The second-order valence-corrected chi connectivity index (χ2v) is 6.72. The molecule has 8 heteroatoms. The van der Waals surface area contributed by atoms with Crippen molar-refractivity contribution >= 4 is 17.2 Å². The minimum absolute atomic E-state index is 0.0785. The Kier molecular flexibility index (Phi) is 5.02.